The van der Waals surface area contributed by atoms with Crippen molar-refractivity contribution >= 4 is 41.6 Å². The van der Waals surface area contributed by atoms with Crippen LogP contribution in [0.25, 0.3) is 0 Å². The van der Waals surface area contributed by atoms with E-state index < -0.39 is 8.32 Å². The van der Waals surface area contributed by atoms with E-state index in [9.17, 15) is 5.26 Å². The van der Waals surface area contributed by atoms with Crippen molar-refractivity contribution in [3.8, 4) is 11.8 Å². The quantitative estimate of drug-likeness (QED) is 0.395. The molecule has 0 radical (unpaired) electrons. The largest absolute Gasteiger partial charge is 0.542 e. The van der Waals surface area contributed by atoms with Crippen LogP contribution < -0.4 is 4.43 Å². The van der Waals surface area contributed by atoms with Gasteiger partial charge in [0.15, 0.2) is 0 Å². The fourth-order valence-electron chi connectivity index (χ4n) is 1.86. The average molecular weight is 428 g/mol. The molecule has 0 amide bonds. The molecular formula is C20H22BrN3OSi. The molecule has 0 aliphatic heterocycles. The number of halogens is 1. The second kappa shape index (κ2) is 8.01. The van der Waals surface area contributed by atoms with Crippen LogP contribution in [0.2, 0.25) is 18.1 Å². The standard InChI is InChI=1S/C20H22BrN3OSi/c1-20(2,3)26(4,5)25-19-12-15(13-22)10-11-18(19)24-14-23-17-9-7-6-8-16(17)21/h6-12H,1-5H3. The number of nitriles is 1. The van der Waals surface area contributed by atoms with Gasteiger partial charge in [0.1, 0.15) is 17.4 Å². The first kappa shape index (κ1) is 20.1. The van der Waals surface area contributed by atoms with Gasteiger partial charge >= 0.3 is 0 Å². The molecule has 0 spiro atoms. The van der Waals surface area contributed by atoms with Crippen molar-refractivity contribution in [2.45, 2.75) is 38.9 Å². The lowest BCUT2D eigenvalue weighted by Crippen LogP contribution is -2.43. The maximum absolute atomic E-state index is 9.20. The fraction of sp³-hybridized carbons (Fsp3) is 0.300. The molecule has 2 aromatic rings. The van der Waals surface area contributed by atoms with Gasteiger partial charge in [0.2, 0.25) is 0 Å². The molecule has 0 unspecified atom stereocenters. The van der Waals surface area contributed by atoms with Crippen LogP contribution in [0.4, 0.5) is 11.4 Å². The Hall–Kier alpha value is -2.19. The van der Waals surface area contributed by atoms with Gasteiger partial charge in [0.25, 0.3) is 8.32 Å². The Kier molecular flexibility index (Phi) is 6.20. The van der Waals surface area contributed by atoms with Crippen LogP contribution in [0, 0.1) is 11.3 Å². The van der Waals surface area contributed by atoms with E-state index in [1.807, 2.05) is 24.3 Å². The average Bonchev–Trinajstić information content (AvgIpc) is 2.56. The smallest absolute Gasteiger partial charge is 0.250 e. The van der Waals surface area contributed by atoms with Crippen molar-refractivity contribution in [3.63, 3.8) is 0 Å². The summed E-state index contributed by atoms with van der Waals surface area (Å²) in [6.45, 7) is 10.8. The van der Waals surface area contributed by atoms with E-state index in [0.29, 0.717) is 17.0 Å². The fourth-order valence-corrected chi connectivity index (χ4v) is 3.25. The first-order valence-electron chi connectivity index (χ1n) is 8.28. The SMILES string of the molecule is CC(C)(C)[Si](C)(C)Oc1cc(C#N)ccc1N=C=Nc1ccccc1Br. The molecule has 0 fully saturated rings. The third-order valence-electron chi connectivity index (χ3n) is 4.45. The zero-order valence-corrected chi connectivity index (χ0v) is 18.3. The third kappa shape index (κ3) is 4.92. The normalized spacial score (nSPS) is 11.3. The van der Waals surface area contributed by atoms with Gasteiger partial charge in [-0.3, -0.25) is 0 Å². The lowest BCUT2D eigenvalue weighted by Gasteiger charge is -2.36. The second-order valence-electron chi connectivity index (χ2n) is 7.43. The summed E-state index contributed by atoms with van der Waals surface area (Å²) in [6.07, 6.45) is 0. The van der Waals surface area contributed by atoms with Crippen molar-refractivity contribution in [2.24, 2.45) is 9.98 Å². The molecule has 0 aliphatic carbocycles. The lowest BCUT2D eigenvalue weighted by atomic mass is 10.2. The highest BCUT2D eigenvalue weighted by Crippen LogP contribution is 2.40. The molecule has 26 heavy (non-hydrogen) atoms. The Morgan fingerprint density at radius 1 is 1.04 bits per heavy atom. The van der Waals surface area contributed by atoms with E-state index in [1.54, 1.807) is 18.2 Å². The van der Waals surface area contributed by atoms with Gasteiger partial charge < -0.3 is 4.43 Å². The molecule has 0 atom stereocenters. The molecular weight excluding hydrogens is 406 g/mol. The molecule has 0 aliphatic rings. The Bertz CT molecular complexity index is 904. The van der Waals surface area contributed by atoms with E-state index in [1.165, 1.54) is 0 Å². The first-order valence-corrected chi connectivity index (χ1v) is 12.0. The number of para-hydroxylation sites is 1. The second-order valence-corrected chi connectivity index (χ2v) is 13.0. The highest BCUT2D eigenvalue weighted by molar-refractivity contribution is 9.10. The molecule has 4 nitrogen and oxygen atoms in total. The number of nitrogens with zero attached hydrogens (tertiary/aromatic N) is 3. The Balaban J connectivity index is 2.42. The molecule has 0 bridgehead atoms. The van der Waals surface area contributed by atoms with E-state index >= 15 is 0 Å². The Morgan fingerprint density at radius 2 is 1.69 bits per heavy atom. The van der Waals surface area contributed by atoms with Gasteiger partial charge in [-0.2, -0.15) is 15.2 Å². The van der Waals surface area contributed by atoms with Crippen molar-refractivity contribution in [3.05, 3.63) is 52.5 Å². The van der Waals surface area contributed by atoms with Crippen LogP contribution in [0.1, 0.15) is 26.3 Å². The number of rotatable bonds is 4. The molecule has 0 heterocycles. The molecule has 0 saturated heterocycles. The summed E-state index contributed by atoms with van der Waals surface area (Å²) >= 11 is 3.45. The molecule has 0 saturated carbocycles. The molecule has 6 heteroatoms. The van der Waals surface area contributed by atoms with Crippen molar-refractivity contribution in [1.29, 1.82) is 5.26 Å². The maximum Gasteiger partial charge on any atom is 0.250 e. The third-order valence-corrected chi connectivity index (χ3v) is 9.47. The van der Waals surface area contributed by atoms with Gasteiger partial charge in [-0.25, -0.2) is 0 Å². The highest BCUT2D eigenvalue weighted by atomic mass is 79.9. The zero-order valence-electron chi connectivity index (χ0n) is 15.7. The van der Waals surface area contributed by atoms with E-state index in [2.05, 4.69) is 71.9 Å². The number of benzene rings is 2. The van der Waals surface area contributed by atoms with Crippen LogP contribution in [0.15, 0.2) is 56.9 Å². The van der Waals surface area contributed by atoms with Gasteiger partial charge in [0.05, 0.1) is 17.3 Å². The molecule has 2 aromatic carbocycles. The predicted octanol–water partition coefficient (Wildman–Crippen LogP) is 6.84. The van der Waals surface area contributed by atoms with Crippen LogP contribution in [-0.2, 0) is 0 Å². The zero-order chi connectivity index (χ0) is 19.4. The van der Waals surface area contributed by atoms with Crippen LogP contribution in [-0.4, -0.2) is 14.3 Å². The summed E-state index contributed by atoms with van der Waals surface area (Å²) in [5, 5.41) is 9.24. The Labute approximate surface area is 164 Å². The van der Waals surface area contributed by atoms with Crippen molar-refractivity contribution < 1.29 is 4.43 Å². The molecule has 2 rings (SSSR count). The summed E-state index contributed by atoms with van der Waals surface area (Å²) in [6, 6.07) is 17.7. The van der Waals surface area contributed by atoms with Crippen LogP contribution in [0.5, 0.6) is 5.75 Å². The highest BCUT2D eigenvalue weighted by Gasteiger charge is 2.39. The number of aliphatic imine (C=N–C) groups is 2. The van der Waals surface area contributed by atoms with E-state index in [0.717, 1.165) is 10.2 Å². The minimum absolute atomic E-state index is 0.0413. The summed E-state index contributed by atoms with van der Waals surface area (Å²) in [7, 11) is -2.06. The lowest BCUT2D eigenvalue weighted by molar-refractivity contribution is 0.493. The van der Waals surface area contributed by atoms with Crippen molar-refractivity contribution in [1.82, 2.24) is 0 Å². The monoisotopic (exact) mass is 427 g/mol. The first-order chi connectivity index (χ1) is 12.1. The van der Waals surface area contributed by atoms with Gasteiger partial charge in [-0.05, 0) is 64.4 Å². The van der Waals surface area contributed by atoms with Crippen molar-refractivity contribution in [2.75, 3.05) is 0 Å². The topological polar surface area (TPSA) is 57.7 Å². The summed E-state index contributed by atoms with van der Waals surface area (Å²) < 4.78 is 7.24. The minimum Gasteiger partial charge on any atom is -0.542 e. The molecule has 0 N–H and O–H groups in total. The van der Waals surface area contributed by atoms with Gasteiger partial charge in [-0.1, -0.05) is 32.9 Å². The van der Waals surface area contributed by atoms with Gasteiger partial charge in [-0.15, -0.1) is 0 Å². The molecule has 0 aromatic heterocycles. The van der Waals surface area contributed by atoms with Crippen LogP contribution >= 0.6 is 15.9 Å². The van der Waals surface area contributed by atoms with Crippen LogP contribution in [0.3, 0.4) is 0 Å². The Morgan fingerprint density at radius 3 is 2.31 bits per heavy atom. The maximum atomic E-state index is 9.20. The summed E-state index contributed by atoms with van der Waals surface area (Å²) in [4.78, 5) is 8.59. The number of hydrogen-bond acceptors (Lipinski definition) is 4. The summed E-state index contributed by atoms with van der Waals surface area (Å²) in [5.41, 5.74) is 1.90. The predicted molar refractivity (Wildman–Crippen MR) is 112 cm³/mol. The van der Waals surface area contributed by atoms with E-state index in [4.69, 9.17) is 4.43 Å². The van der Waals surface area contributed by atoms with Gasteiger partial charge in [0, 0.05) is 4.47 Å². The van der Waals surface area contributed by atoms with E-state index in [-0.39, 0.29) is 5.04 Å². The molecule has 134 valence electrons. The summed E-state index contributed by atoms with van der Waals surface area (Å²) in [5.74, 6) is 0.602. The number of hydrogen-bond donors (Lipinski definition) is 0. The minimum atomic E-state index is -2.06.